The monoisotopic (exact) mass is 479 g/mol. The molecule has 4 heteroatoms. The van der Waals surface area contributed by atoms with E-state index >= 15 is 0 Å². The van der Waals surface area contributed by atoms with Gasteiger partial charge in [0.15, 0.2) is 0 Å². The molecule has 5 aliphatic carbocycles. The van der Waals surface area contributed by atoms with E-state index in [1.54, 1.807) is 0 Å². The van der Waals surface area contributed by atoms with Gasteiger partial charge in [-0.15, -0.1) is 0 Å². The molecule has 5 aliphatic rings. The molecule has 0 spiro atoms. The van der Waals surface area contributed by atoms with E-state index < -0.39 is 11.4 Å². The minimum atomic E-state index is -0.557. The van der Waals surface area contributed by atoms with E-state index in [0.29, 0.717) is 23.7 Å². The van der Waals surface area contributed by atoms with Crippen LogP contribution < -0.4 is 0 Å². The SMILES string of the molecule is C[C@H]1[C@H](C)CC[C@]2(C(=O)O)CC[C@]3(C)C(=CC[C@@H]4[C@@]5(C)CC[C@H](O)C(C)(C)[C@@H]5CC[C@]43C)[C@H]12.[Na]. The smallest absolute Gasteiger partial charge is 0.310 e. The number of allylic oxidation sites excluding steroid dienone is 2. The van der Waals surface area contributed by atoms with E-state index in [9.17, 15) is 15.0 Å². The standard InChI is InChI=1S/C30H48O3.Na/c1-18-10-15-30(25(32)33)17-16-28(6)20(24(30)19(18)2)8-9-22-27(5)13-12-23(31)26(3,4)21(27)11-14-29(22,28)7;/h8,18-19,21-24,31H,9-17H2,1-7H3,(H,32,33);/t18-,19+,21+,22-,23+,24+,27+,28-,29-,30+;/m1./s1. The molecule has 4 saturated carbocycles. The Morgan fingerprint density at radius 1 is 0.912 bits per heavy atom. The van der Waals surface area contributed by atoms with E-state index in [1.165, 1.54) is 18.4 Å². The van der Waals surface area contributed by atoms with Gasteiger partial charge in [-0.2, -0.15) is 0 Å². The van der Waals surface area contributed by atoms with Gasteiger partial charge < -0.3 is 10.2 Å². The van der Waals surface area contributed by atoms with Crippen molar-refractivity contribution < 1.29 is 15.0 Å². The molecule has 0 aromatic carbocycles. The van der Waals surface area contributed by atoms with Gasteiger partial charge in [-0.1, -0.05) is 60.1 Å². The molecule has 187 valence electrons. The summed E-state index contributed by atoms with van der Waals surface area (Å²) in [7, 11) is 0. The number of hydrogen-bond donors (Lipinski definition) is 2. The fourth-order valence-corrected chi connectivity index (χ4v) is 10.8. The van der Waals surface area contributed by atoms with E-state index in [2.05, 4.69) is 54.5 Å². The third kappa shape index (κ3) is 3.18. The molecule has 10 atom stereocenters. The first kappa shape index (κ1) is 27.2. The number of aliphatic hydroxyl groups is 1. The van der Waals surface area contributed by atoms with Crippen LogP contribution in [-0.4, -0.2) is 51.8 Å². The van der Waals surface area contributed by atoms with E-state index in [1.807, 2.05) is 0 Å². The summed E-state index contributed by atoms with van der Waals surface area (Å²) in [4.78, 5) is 12.8. The van der Waals surface area contributed by atoms with E-state index in [0.717, 1.165) is 44.9 Å². The first-order valence-electron chi connectivity index (χ1n) is 13.9. The first-order chi connectivity index (χ1) is 15.3. The van der Waals surface area contributed by atoms with Gasteiger partial charge >= 0.3 is 5.97 Å². The summed E-state index contributed by atoms with van der Waals surface area (Å²) in [5.74, 6) is 1.82. The number of hydrogen-bond acceptors (Lipinski definition) is 2. The maximum absolute atomic E-state index is 12.8. The second kappa shape index (κ2) is 8.34. The van der Waals surface area contributed by atoms with Crippen molar-refractivity contribution in [3.05, 3.63) is 11.6 Å². The summed E-state index contributed by atoms with van der Waals surface area (Å²) in [6.07, 6.45) is 11.6. The second-order valence-electron chi connectivity index (χ2n) is 14.5. The minimum Gasteiger partial charge on any atom is -0.481 e. The Labute approximate surface area is 230 Å². The average molecular weight is 480 g/mol. The second-order valence-corrected chi connectivity index (χ2v) is 14.5. The molecule has 0 bridgehead atoms. The number of aliphatic carboxylic acids is 1. The molecule has 0 saturated heterocycles. The van der Waals surface area contributed by atoms with Crippen molar-refractivity contribution in [2.45, 2.75) is 112 Å². The summed E-state index contributed by atoms with van der Waals surface area (Å²) in [5, 5.41) is 21.4. The van der Waals surface area contributed by atoms with Gasteiger partial charge in [0.25, 0.3) is 0 Å². The van der Waals surface area contributed by atoms with Gasteiger partial charge in [0.05, 0.1) is 11.5 Å². The predicted molar refractivity (Wildman–Crippen MR) is 138 cm³/mol. The number of carboxylic acids is 1. The summed E-state index contributed by atoms with van der Waals surface area (Å²) in [6.45, 7) is 17.0. The molecule has 0 unspecified atom stereocenters. The minimum absolute atomic E-state index is 0. The number of fused-ring (bicyclic) bond motifs is 7. The van der Waals surface area contributed by atoms with E-state index in [4.69, 9.17) is 0 Å². The van der Waals surface area contributed by atoms with Crippen molar-refractivity contribution in [2.24, 2.45) is 56.7 Å². The molecule has 0 heterocycles. The number of carbonyl (C=O) groups is 1. The van der Waals surface area contributed by atoms with Crippen LogP contribution in [0.4, 0.5) is 0 Å². The third-order valence-electron chi connectivity index (χ3n) is 13.4. The maximum atomic E-state index is 12.8. The summed E-state index contributed by atoms with van der Waals surface area (Å²) in [6, 6.07) is 0. The average Bonchev–Trinajstić information content (AvgIpc) is 2.74. The topological polar surface area (TPSA) is 57.5 Å². The van der Waals surface area contributed by atoms with Crippen LogP contribution >= 0.6 is 0 Å². The molecular formula is C30H48NaO3. The zero-order valence-electron chi connectivity index (χ0n) is 23.2. The van der Waals surface area contributed by atoms with Crippen molar-refractivity contribution in [1.29, 1.82) is 0 Å². The normalized spacial score (nSPS) is 53.7. The first-order valence-corrected chi connectivity index (χ1v) is 13.9. The van der Waals surface area contributed by atoms with Crippen LogP contribution in [0.5, 0.6) is 0 Å². The molecule has 4 fully saturated rings. The Kier molecular flexibility index (Phi) is 6.67. The van der Waals surface area contributed by atoms with Gasteiger partial charge in [-0.3, -0.25) is 4.79 Å². The Morgan fingerprint density at radius 2 is 1.59 bits per heavy atom. The molecule has 0 aromatic rings. The fraction of sp³-hybridized carbons (Fsp3) is 0.900. The van der Waals surface area contributed by atoms with Crippen molar-refractivity contribution in [1.82, 2.24) is 0 Å². The molecule has 1 radical (unpaired) electrons. The van der Waals surface area contributed by atoms with E-state index in [-0.39, 0.29) is 63.2 Å². The summed E-state index contributed by atoms with van der Waals surface area (Å²) < 4.78 is 0. The van der Waals surface area contributed by atoms with Crippen LogP contribution in [0.3, 0.4) is 0 Å². The third-order valence-corrected chi connectivity index (χ3v) is 13.4. The van der Waals surface area contributed by atoms with Crippen LogP contribution in [0.2, 0.25) is 0 Å². The Morgan fingerprint density at radius 3 is 2.24 bits per heavy atom. The van der Waals surface area contributed by atoms with Crippen LogP contribution in [0, 0.1) is 56.7 Å². The number of aliphatic hydroxyl groups excluding tert-OH is 1. The van der Waals surface area contributed by atoms with Crippen molar-refractivity contribution >= 4 is 35.5 Å². The molecule has 34 heavy (non-hydrogen) atoms. The van der Waals surface area contributed by atoms with Crippen LogP contribution in [-0.2, 0) is 4.79 Å². The van der Waals surface area contributed by atoms with Crippen LogP contribution in [0.25, 0.3) is 0 Å². The summed E-state index contributed by atoms with van der Waals surface area (Å²) >= 11 is 0. The Balaban J connectivity index is 0.00000274. The summed E-state index contributed by atoms with van der Waals surface area (Å²) in [5.41, 5.74) is 1.46. The Hall–Kier alpha value is 0.170. The fourth-order valence-electron chi connectivity index (χ4n) is 10.8. The van der Waals surface area contributed by atoms with Crippen LogP contribution in [0.15, 0.2) is 11.6 Å². The zero-order chi connectivity index (χ0) is 24.2. The quantitative estimate of drug-likeness (QED) is 0.325. The molecule has 3 nitrogen and oxygen atoms in total. The van der Waals surface area contributed by atoms with Gasteiger partial charge in [-0.25, -0.2) is 0 Å². The largest absolute Gasteiger partial charge is 0.481 e. The zero-order valence-corrected chi connectivity index (χ0v) is 25.2. The molecule has 5 rings (SSSR count). The van der Waals surface area contributed by atoms with Crippen molar-refractivity contribution in [2.75, 3.05) is 0 Å². The number of rotatable bonds is 1. The van der Waals surface area contributed by atoms with Crippen molar-refractivity contribution in [3.8, 4) is 0 Å². The van der Waals surface area contributed by atoms with Gasteiger partial charge in [0.2, 0.25) is 0 Å². The molecule has 0 aliphatic heterocycles. The van der Waals surface area contributed by atoms with Crippen molar-refractivity contribution in [3.63, 3.8) is 0 Å². The van der Waals surface area contributed by atoms with Gasteiger partial charge in [-0.05, 0) is 109 Å². The maximum Gasteiger partial charge on any atom is 0.310 e. The van der Waals surface area contributed by atoms with Gasteiger partial charge in [0.1, 0.15) is 0 Å². The molecule has 0 aromatic heterocycles. The molecule has 0 amide bonds. The Bertz CT molecular complexity index is 880. The number of carboxylic acid groups (broad SMARTS) is 1. The van der Waals surface area contributed by atoms with Gasteiger partial charge in [0, 0.05) is 29.6 Å². The van der Waals surface area contributed by atoms with Crippen LogP contribution in [0.1, 0.15) is 106 Å². The molecular weight excluding hydrogens is 431 g/mol. The molecule has 2 N–H and O–H groups in total. The predicted octanol–water partition coefficient (Wildman–Crippen LogP) is 6.71.